The van der Waals surface area contributed by atoms with Crippen molar-refractivity contribution in [2.24, 2.45) is 23.7 Å². The van der Waals surface area contributed by atoms with Crippen molar-refractivity contribution >= 4 is 17.8 Å². The fourth-order valence-electron chi connectivity index (χ4n) is 8.05. The van der Waals surface area contributed by atoms with Crippen LogP contribution in [0.2, 0.25) is 0 Å². The maximum atomic E-state index is 14.7. The lowest BCUT2D eigenvalue weighted by Gasteiger charge is -2.43. The van der Waals surface area contributed by atoms with Gasteiger partial charge in [-0.1, -0.05) is 52.2 Å². The number of ether oxygens (including phenoxy) is 2. The maximum absolute atomic E-state index is 14.7. The van der Waals surface area contributed by atoms with Crippen LogP contribution in [0.25, 0.3) is 0 Å². The molecular formula is C32H50N2O6. The topological polar surface area (TPSA) is 96.4 Å². The molecule has 8 nitrogen and oxygen atoms in total. The molecule has 1 saturated carbocycles. The minimum atomic E-state index is -1.15. The third-order valence-electron chi connectivity index (χ3n) is 10.2. The molecule has 0 aromatic rings. The molecule has 1 aliphatic carbocycles. The van der Waals surface area contributed by atoms with Crippen LogP contribution in [0.5, 0.6) is 0 Å². The second-order valence-corrected chi connectivity index (χ2v) is 13.0. The minimum absolute atomic E-state index is 0.0562. The summed E-state index contributed by atoms with van der Waals surface area (Å²) in [6.07, 6.45) is 11.6. The Morgan fingerprint density at radius 3 is 2.50 bits per heavy atom. The van der Waals surface area contributed by atoms with Gasteiger partial charge in [-0.3, -0.25) is 14.4 Å². The van der Waals surface area contributed by atoms with Gasteiger partial charge in [0.15, 0.2) is 0 Å². The van der Waals surface area contributed by atoms with Gasteiger partial charge in [-0.2, -0.15) is 0 Å². The molecule has 4 fully saturated rings. The van der Waals surface area contributed by atoms with E-state index in [1.807, 2.05) is 38.7 Å². The monoisotopic (exact) mass is 558 g/mol. The summed E-state index contributed by atoms with van der Waals surface area (Å²) in [5, 5.41) is 10.5. The predicted molar refractivity (Wildman–Crippen MR) is 153 cm³/mol. The fourth-order valence-corrected chi connectivity index (χ4v) is 8.05. The first-order chi connectivity index (χ1) is 19.1. The number of carbonyl (C=O) groups is 3. The van der Waals surface area contributed by atoms with E-state index in [0.29, 0.717) is 19.4 Å². The average Bonchev–Trinajstić information content (AvgIpc) is 3.44. The molecule has 0 aromatic carbocycles. The van der Waals surface area contributed by atoms with Crippen molar-refractivity contribution < 1.29 is 29.0 Å². The summed E-state index contributed by atoms with van der Waals surface area (Å²) in [4.78, 5) is 46.3. The third kappa shape index (κ3) is 5.04. The van der Waals surface area contributed by atoms with E-state index in [1.54, 1.807) is 11.0 Å². The Hall–Kier alpha value is -2.19. The number of likely N-dealkylation sites (tertiary alicyclic amines) is 1. The Bertz CT molecular complexity index is 976. The molecule has 3 aliphatic heterocycles. The zero-order valence-electron chi connectivity index (χ0n) is 25.0. The smallest absolute Gasteiger partial charge is 0.312 e. The number of hydrogen-bond acceptors (Lipinski definition) is 6. The van der Waals surface area contributed by atoms with Gasteiger partial charge in [0.05, 0.1) is 30.8 Å². The number of nitrogens with zero attached hydrogens (tertiary/aromatic N) is 2. The van der Waals surface area contributed by atoms with Gasteiger partial charge in [-0.05, 0) is 57.3 Å². The lowest BCUT2D eigenvalue weighted by atomic mass is 9.62. The van der Waals surface area contributed by atoms with Gasteiger partial charge in [0.2, 0.25) is 11.8 Å². The minimum Gasteiger partial charge on any atom is -0.465 e. The quantitative estimate of drug-likeness (QED) is 0.206. The van der Waals surface area contributed by atoms with Crippen LogP contribution in [-0.4, -0.2) is 81.8 Å². The van der Waals surface area contributed by atoms with Gasteiger partial charge in [0, 0.05) is 12.6 Å². The Morgan fingerprint density at radius 1 is 1.20 bits per heavy atom. The first-order valence-electron chi connectivity index (χ1n) is 15.4. The maximum Gasteiger partial charge on any atom is 0.312 e. The van der Waals surface area contributed by atoms with Crippen LogP contribution in [0.15, 0.2) is 25.3 Å². The van der Waals surface area contributed by atoms with E-state index in [1.165, 1.54) is 0 Å². The Labute approximate surface area is 240 Å². The number of rotatable bonds is 13. The van der Waals surface area contributed by atoms with Gasteiger partial charge in [-0.15, -0.1) is 13.2 Å². The van der Waals surface area contributed by atoms with E-state index in [-0.39, 0.29) is 42.9 Å². The number of allylic oxidation sites excluding steroid dienone is 1. The normalized spacial score (nSPS) is 34.1. The van der Waals surface area contributed by atoms with E-state index in [0.717, 1.165) is 44.9 Å². The molecule has 1 spiro atoms. The Balaban J connectivity index is 1.74. The first kappa shape index (κ1) is 30.8. The van der Waals surface area contributed by atoms with Crippen molar-refractivity contribution in [1.82, 2.24) is 9.80 Å². The largest absolute Gasteiger partial charge is 0.465 e. The van der Waals surface area contributed by atoms with Crippen LogP contribution < -0.4 is 0 Å². The van der Waals surface area contributed by atoms with Crippen LogP contribution in [0, 0.1) is 23.7 Å². The highest BCUT2D eigenvalue weighted by Gasteiger charge is 2.81. The summed E-state index contributed by atoms with van der Waals surface area (Å²) in [5.74, 6) is -2.65. The number of fused-ring (bicyclic) bond motifs is 1. The number of aliphatic hydroxyl groups is 1. The lowest BCUT2D eigenvalue weighted by molar-refractivity contribution is -0.165. The number of aliphatic hydroxyl groups excluding tert-OH is 1. The molecule has 2 amide bonds. The molecule has 1 N–H and O–H groups in total. The summed E-state index contributed by atoms with van der Waals surface area (Å²) in [6, 6.07) is -1.41. The van der Waals surface area contributed by atoms with Crippen molar-refractivity contribution in [2.45, 2.75) is 115 Å². The molecule has 40 heavy (non-hydrogen) atoms. The van der Waals surface area contributed by atoms with Crippen molar-refractivity contribution in [2.75, 3.05) is 19.8 Å². The average molecular weight is 559 g/mol. The van der Waals surface area contributed by atoms with E-state index in [2.05, 4.69) is 13.2 Å². The second-order valence-electron chi connectivity index (χ2n) is 13.0. The summed E-state index contributed by atoms with van der Waals surface area (Å²) in [6.45, 7) is 15.9. The molecule has 7 atom stereocenters. The molecule has 3 heterocycles. The molecule has 0 aromatic heterocycles. The molecule has 4 rings (SSSR count). The lowest BCUT2D eigenvalue weighted by Crippen LogP contribution is -2.61. The molecule has 3 unspecified atom stereocenters. The highest BCUT2D eigenvalue weighted by molar-refractivity contribution is 5.99. The molecule has 8 heteroatoms. The second kappa shape index (κ2) is 12.4. The SMILES string of the molecule is C=CCCCCOC(=O)[C@@H]1[C@H]2C(=O)N([C@@H](CO)C(C)C)C(C(=O)N(CC=C)C3CCCCC3)C23CC(C)[C@@]1(C)O3. The van der Waals surface area contributed by atoms with Crippen LogP contribution in [0.1, 0.15) is 85.5 Å². The van der Waals surface area contributed by atoms with E-state index in [4.69, 9.17) is 9.47 Å². The first-order valence-corrected chi connectivity index (χ1v) is 15.4. The Morgan fingerprint density at radius 2 is 1.90 bits per heavy atom. The number of esters is 1. The highest BCUT2D eigenvalue weighted by atomic mass is 16.6. The number of amides is 2. The van der Waals surface area contributed by atoms with Crippen molar-refractivity contribution in [3.63, 3.8) is 0 Å². The predicted octanol–water partition coefficient (Wildman–Crippen LogP) is 4.26. The summed E-state index contributed by atoms with van der Waals surface area (Å²) < 4.78 is 12.6. The highest BCUT2D eigenvalue weighted by Crippen LogP contribution is 2.66. The van der Waals surface area contributed by atoms with Gasteiger partial charge in [-0.25, -0.2) is 0 Å². The van der Waals surface area contributed by atoms with Crippen LogP contribution in [-0.2, 0) is 23.9 Å². The summed E-state index contributed by atoms with van der Waals surface area (Å²) >= 11 is 0. The van der Waals surface area contributed by atoms with Gasteiger partial charge in [0.25, 0.3) is 0 Å². The molecule has 224 valence electrons. The van der Waals surface area contributed by atoms with Crippen molar-refractivity contribution in [1.29, 1.82) is 0 Å². The molecule has 2 bridgehead atoms. The summed E-state index contributed by atoms with van der Waals surface area (Å²) in [7, 11) is 0. The number of hydrogen-bond donors (Lipinski definition) is 1. The van der Waals surface area contributed by atoms with Crippen LogP contribution in [0.3, 0.4) is 0 Å². The van der Waals surface area contributed by atoms with Crippen LogP contribution >= 0.6 is 0 Å². The number of unbranched alkanes of at least 4 members (excludes halogenated alkanes) is 2. The zero-order valence-corrected chi connectivity index (χ0v) is 25.0. The van der Waals surface area contributed by atoms with Crippen molar-refractivity contribution in [3.05, 3.63) is 25.3 Å². The van der Waals surface area contributed by atoms with Crippen LogP contribution in [0.4, 0.5) is 0 Å². The molecule has 4 aliphatic rings. The Kier molecular flexibility index (Phi) is 9.50. The van der Waals surface area contributed by atoms with E-state index >= 15 is 0 Å². The fraction of sp³-hybridized carbons (Fsp3) is 0.781. The van der Waals surface area contributed by atoms with Gasteiger partial charge in [0.1, 0.15) is 17.6 Å². The van der Waals surface area contributed by atoms with Gasteiger partial charge < -0.3 is 24.4 Å². The van der Waals surface area contributed by atoms with E-state index in [9.17, 15) is 19.5 Å². The third-order valence-corrected chi connectivity index (χ3v) is 10.2. The van der Waals surface area contributed by atoms with Gasteiger partial charge >= 0.3 is 5.97 Å². The zero-order chi connectivity index (χ0) is 29.2. The number of carbonyl (C=O) groups excluding carboxylic acids is 3. The molecule has 3 saturated heterocycles. The molecule has 0 radical (unpaired) electrons. The van der Waals surface area contributed by atoms with E-state index < -0.39 is 41.1 Å². The molecular weight excluding hydrogens is 508 g/mol. The standard InChI is InChI=1S/C32H50N2O6/c1-7-9-10-14-18-39-30(38)26-25-28(36)34(24(20-35)21(3)4)27(32(25)19-22(5)31(26,6)40-32)29(37)33(17-8-2)23-15-12-11-13-16-23/h7-8,21-27,35H,1-2,9-20H2,3-6H3/t22?,24-,25-,26-,27?,31+,32?/m0/s1. The summed E-state index contributed by atoms with van der Waals surface area (Å²) in [5.41, 5.74) is -2.06. The van der Waals surface area contributed by atoms with Crippen molar-refractivity contribution in [3.8, 4) is 0 Å².